The summed E-state index contributed by atoms with van der Waals surface area (Å²) < 4.78 is 33.3. The highest BCUT2D eigenvalue weighted by Gasteiger charge is 2.54. The Balaban J connectivity index is 1.39. The van der Waals surface area contributed by atoms with E-state index in [1.807, 2.05) is 0 Å². The highest BCUT2D eigenvalue weighted by molar-refractivity contribution is 6.31. The number of carbonyl (C=O) groups is 2. The van der Waals surface area contributed by atoms with Gasteiger partial charge < -0.3 is 19.5 Å². The van der Waals surface area contributed by atoms with Gasteiger partial charge in [0.2, 0.25) is 5.91 Å². The van der Waals surface area contributed by atoms with E-state index in [0.717, 1.165) is 25.0 Å². The van der Waals surface area contributed by atoms with Gasteiger partial charge in [-0.25, -0.2) is 13.8 Å². The minimum atomic E-state index is -0.971. The lowest BCUT2D eigenvalue weighted by molar-refractivity contribution is -0.170. The van der Waals surface area contributed by atoms with Crippen LogP contribution in [0.3, 0.4) is 0 Å². The molecule has 10 heteroatoms. The normalized spacial score (nSPS) is 17.8. The van der Waals surface area contributed by atoms with Gasteiger partial charge in [0, 0.05) is 56.7 Å². The van der Waals surface area contributed by atoms with Crippen molar-refractivity contribution in [1.82, 2.24) is 19.8 Å². The monoisotopic (exact) mass is 502 g/mol. The van der Waals surface area contributed by atoms with Crippen LogP contribution in [0.2, 0.25) is 5.02 Å². The van der Waals surface area contributed by atoms with Crippen LogP contribution in [0.25, 0.3) is 11.0 Å². The molecular weight excluding hydrogens is 478 g/mol. The van der Waals surface area contributed by atoms with Gasteiger partial charge in [0.25, 0.3) is 5.91 Å². The Morgan fingerprint density at radius 1 is 1.29 bits per heavy atom. The molecule has 2 aliphatic rings. The third-order valence-corrected chi connectivity index (χ3v) is 7.39. The van der Waals surface area contributed by atoms with Crippen LogP contribution >= 0.6 is 11.6 Å². The first-order valence-corrected chi connectivity index (χ1v) is 11.7. The quantitative estimate of drug-likeness (QED) is 0.556. The molecule has 1 atom stereocenters. The van der Waals surface area contributed by atoms with E-state index in [1.54, 1.807) is 24.1 Å². The third-order valence-electron chi connectivity index (χ3n) is 7.19. The second kappa shape index (κ2) is 8.87. The predicted octanol–water partition coefficient (Wildman–Crippen LogP) is 3.82. The minimum absolute atomic E-state index is 0.0622. The third kappa shape index (κ3) is 4.38. The van der Waals surface area contributed by atoms with E-state index < -0.39 is 23.6 Å². The number of likely N-dealkylation sites (tertiary alicyclic amines) is 1. The fourth-order valence-corrected chi connectivity index (χ4v) is 5.35. The number of aromatic amines is 1. The smallest absolute Gasteiger partial charge is 0.270 e. The molecule has 1 saturated carbocycles. The van der Waals surface area contributed by atoms with Crippen molar-refractivity contribution in [3.63, 3.8) is 0 Å². The molecule has 7 nitrogen and oxygen atoms in total. The van der Waals surface area contributed by atoms with Gasteiger partial charge in [-0.05, 0) is 36.6 Å². The maximum atomic E-state index is 14.5. The lowest BCUT2D eigenvalue weighted by atomic mass is 9.61. The Morgan fingerprint density at radius 2 is 2.03 bits per heavy atom. The standard InChI is InChI=1S/C25H25ClF2N4O3/c1-31(23(33)20-6-15-5-16(26)11-29-22(15)30-20)21(7-14-3-4-17(27)8-19(14)28)24(34)32-12-25(13-32)9-18(10-25)35-2/h3-6,8,11,18,21H,7,9-10,12-13H2,1-2H3,(H,29,30). The van der Waals surface area contributed by atoms with Crippen molar-refractivity contribution < 1.29 is 23.1 Å². The maximum Gasteiger partial charge on any atom is 0.270 e. The lowest BCUT2D eigenvalue weighted by Crippen LogP contribution is -2.67. The van der Waals surface area contributed by atoms with Gasteiger partial charge in [0.15, 0.2) is 0 Å². The van der Waals surface area contributed by atoms with Gasteiger partial charge in [-0.3, -0.25) is 9.59 Å². The number of H-pyrrole nitrogens is 1. The van der Waals surface area contributed by atoms with Gasteiger partial charge in [-0.1, -0.05) is 17.7 Å². The van der Waals surface area contributed by atoms with E-state index in [4.69, 9.17) is 16.3 Å². The number of carbonyl (C=O) groups excluding carboxylic acids is 2. The van der Waals surface area contributed by atoms with E-state index in [2.05, 4.69) is 9.97 Å². The first-order chi connectivity index (χ1) is 16.7. The Bertz CT molecular complexity index is 1300. The maximum absolute atomic E-state index is 14.5. The van der Waals surface area contributed by atoms with E-state index in [0.29, 0.717) is 29.1 Å². The van der Waals surface area contributed by atoms with Crippen molar-refractivity contribution in [2.45, 2.75) is 31.4 Å². The summed E-state index contributed by atoms with van der Waals surface area (Å²) in [5.74, 6) is -2.17. The first-order valence-electron chi connectivity index (χ1n) is 11.3. The average molecular weight is 503 g/mol. The van der Waals surface area contributed by atoms with Crippen molar-refractivity contribution in [2.75, 3.05) is 27.2 Å². The van der Waals surface area contributed by atoms with Crippen molar-refractivity contribution in [3.05, 3.63) is 64.4 Å². The Hall–Kier alpha value is -3.04. The van der Waals surface area contributed by atoms with Crippen LogP contribution in [0.15, 0.2) is 36.5 Å². The molecule has 184 valence electrons. The van der Waals surface area contributed by atoms with Crippen LogP contribution in [0.1, 0.15) is 28.9 Å². The SMILES string of the molecule is COC1CC2(C1)CN(C(=O)C(Cc1ccc(F)cc1F)N(C)C(=O)c1cc3cc(Cl)cnc3[nH]1)C2. The van der Waals surface area contributed by atoms with Crippen LogP contribution in [0.5, 0.6) is 0 Å². The Labute approximate surface area is 206 Å². The molecule has 35 heavy (non-hydrogen) atoms. The molecule has 1 spiro atoms. The molecule has 2 fully saturated rings. The molecule has 0 radical (unpaired) electrons. The molecule has 1 aromatic carbocycles. The number of nitrogens with zero attached hydrogens (tertiary/aromatic N) is 3. The molecule has 2 aromatic heterocycles. The second-order valence-corrected chi connectivity index (χ2v) is 10.0. The van der Waals surface area contributed by atoms with Crippen LogP contribution in [-0.4, -0.2) is 71.0 Å². The van der Waals surface area contributed by atoms with Gasteiger partial charge in [0.1, 0.15) is 29.0 Å². The first kappa shape index (κ1) is 23.7. The number of nitrogens with one attached hydrogen (secondary N) is 1. The average Bonchev–Trinajstić information content (AvgIpc) is 3.19. The fourth-order valence-electron chi connectivity index (χ4n) is 5.18. The molecule has 3 aromatic rings. The minimum Gasteiger partial charge on any atom is -0.381 e. The van der Waals surface area contributed by atoms with Crippen molar-refractivity contribution in [3.8, 4) is 0 Å². The zero-order chi connectivity index (χ0) is 24.9. The summed E-state index contributed by atoms with van der Waals surface area (Å²) >= 11 is 6.00. The number of amides is 2. The van der Waals surface area contributed by atoms with Crippen LogP contribution in [0, 0.1) is 17.0 Å². The van der Waals surface area contributed by atoms with E-state index in [9.17, 15) is 18.4 Å². The highest BCUT2D eigenvalue weighted by atomic mass is 35.5. The summed E-state index contributed by atoms with van der Waals surface area (Å²) in [6, 6.07) is 5.56. The fraction of sp³-hybridized carbons (Fsp3) is 0.400. The summed E-state index contributed by atoms with van der Waals surface area (Å²) in [5.41, 5.74) is 0.942. The Kier molecular flexibility index (Phi) is 6.01. The van der Waals surface area contributed by atoms with Gasteiger partial charge in [-0.15, -0.1) is 0 Å². The second-order valence-electron chi connectivity index (χ2n) is 9.61. The Morgan fingerprint density at radius 3 is 2.71 bits per heavy atom. The number of halogens is 3. The van der Waals surface area contributed by atoms with Gasteiger partial charge >= 0.3 is 0 Å². The number of hydrogen-bond donors (Lipinski definition) is 1. The summed E-state index contributed by atoms with van der Waals surface area (Å²) in [5, 5.41) is 1.09. The van der Waals surface area contributed by atoms with Crippen LogP contribution in [-0.2, 0) is 16.0 Å². The predicted molar refractivity (Wildman–Crippen MR) is 126 cm³/mol. The number of rotatable bonds is 6. The number of methoxy groups -OCH3 is 1. The molecular formula is C25H25ClF2N4O3. The van der Waals surface area contributed by atoms with Crippen molar-refractivity contribution in [2.24, 2.45) is 5.41 Å². The summed E-state index contributed by atoms with van der Waals surface area (Å²) in [6.07, 6.45) is 3.39. The molecule has 3 heterocycles. The highest BCUT2D eigenvalue weighted by Crippen LogP contribution is 2.49. The van der Waals surface area contributed by atoms with Gasteiger partial charge in [-0.2, -0.15) is 0 Å². The molecule has 1 aliphatic heterocycles. The number of hydrogen-bond acceptors (Lipinski definition) is 4. The van der Waals surface area contributed by atoms with Crippen molar-refractivity contribution >= 4 is 34.4 Å². The number of ether oxygens (including phenoxy) is 1. The topological polar surface area (TPSA) is 78.5 Å². The van der Waals surface area contributed by atoms with Crippen molar-refractivity contribution in [1.29, 1.82) is 0 Å². The van der Waals surface area contributed by atoms with Gasteiger partial charge in [0.05, 0.1) is 11.1 Å². The van der Waals surface area contributed by atoms with E-state index in [1.165, 1.54) is 24.2 Å². The number of aromatic nitrogens is 2. The van der Waals surface area contributed by atoms with Crippen LogP contribution in [0.4, 0.5) is 8.78 Å². The molecule has 1 aliphatic carbocycles. The zero-order valence-electron chi connectivity index (χ0n) is 19.4. The molecule has 0 bridgehead atoms. The summed E-state index contributed by atoms with van der Waals surface area (Å²) in [7, 11) is 3.19. The lowest BCUT2D eigenvalue weighted by Gasteiger charge is -2.59. The number of pyridine rings is 1. The van der Waals surface area contributed by atoms with E-state index >= 15 is 0 Å². The largest absolute Gasteiger partial charge is 0.381 e. The van der Waals surface area contributed by atoms with E-state index in [-0.39, 0.29) is 35.1 Å². The molecule has 5 rings (SSSR count). The number of benzene rings is 1. The summed E-state index contributed by atoms with van der Waals surface area (Å²) in [4.78, 5) is 37.1. The number of fused-ring (bicyclic) bond motifs is 1. The molecule has 1 N–H and O–H groups in total. The number of likely N-dealkylation sites (N-methyl/N-ethyl adjacent to an activating group) is 1. The van der Waals surface area contributed by atoms with Crippen LogP contribution < -0.4 is 0 Å². The molecule has 1 saturated heterocycles. The summed E-state index contributed by atoms with van der Waals surface area (Å²) in [6.45, 7) is 1.15. The molecule has 1 unspecified atom stereocenters. The molecule has 2 amide bonds. The zero-order valence-corrected chi connectivity index (χ0v) is 20.1.